The summed E-state index contributed by atoms with van der Waals surface area (Å²) in [5.41, 5.74) is 1.38. The van der Waals surface area contributed by atoms with Gasteiger partial charge in [-0.2, -0.15) is 0 Å². The van der Waals surface area contributed by atoms with E-state index in [1.54, 1.807) is 7.11 Å². The third kappa shape index (κ3) is 3.74. The monoisotopic (exact) mass is 274 g/mol. The zero-order chi connectivity index (χ0) is 13.8. The molecule has 20 heavy (non-hydrogen) atoms. The van der Waals surface area contributed by atoms with Gasteiger partial charge in [0.1, 0.15) is 5.75 Å². The van der Waals surface area contributed by atoms with E-state index in [4.69, 9.17) is 4.74 Å². The Kier molecular flexibility index (Phi) is 4.58. The van der Waals surface area contributed by atoms with Crippen molar-refractivity contribution in [3.05, 3.63) is 29.8 Å². The van der Waals surface area contributed by atoms with Crippen molar-refractivity contribution in [1.29, 1.82) is 0 Å². The minimum Gasteiger partial charge on any atom is -0.497 e. The number of nitrogens with one attached hydrogen (secondary N) is 1. The third-order valence-electron chi connectivity index (χ3n) is 4.53. The summed E-state index contributed by atoms with van der Waals surface area (Å²) in [4.78, 5) is 2.70. The molecule has 0 atom stereocenters. The molecule has 1 saturated carbocycles. The van der Waals surface area contributed by atoms with E-state index in [9.17, 15) is 0 Å². The number of benzene rings is 1. The summed E-state index contributed by atoms with van der Waals surface area (Å²) in [7, 11) is 1.74. The minimum atomic E-state index is 0.830. The highest BCUT2D eigenvalue weighted by Crippen LogP contribution is 2.30. The van der Waals surface area contributed by atoms with E-state index < -0.39 is 0 Å². The quantitative estimate of drug-likeness (QED) is 0.863. The van der Waals surface area contributed by atoms with Crippen molar-refractivity contribution >= 4 is 0 Å². The number of hydrogen-bond acceptors (Lipinski definition) is 3. The Bertz CT molecular complexity index is 425. The smallest absolute Gasteiger partial charge is 0.119 e. The summed E-state index contributed by atoms with van der Waals surface area (Å²) in [5, 5.41) is 3.46. The second kappa shape index (κ2) is 6.59. The van der Waals surface area contributed by atoms with Gasteiger partial charge >= 0.3 is 0 Å². The van der Waals surface area contributed by atoms with Gasteiger partial charge in [-0.05, 0) is 62.4 Å². The zero-order valence-corrected chi connectivity index (χ0v) is 12.5. The first-order valence-electron chi connectivity index (χ1n) is 7.93. The van der Waals surface area contributed by atoms with Crippen LogP contribution in [0.15, 0.2) is 24.3 Å². The van der Waals surface area contributed by atoms with Crippen LogP contribution in [-0.2, 0) is 6.54 Å². The SMILES string of the molecule is COc1cccc(CN(CC2CCNCC2)C2CC2)c1. The molecular weight excluding hydrogens is 248 g/mol. The van der Waals surface area contributed by atoms with Crippen LogP contribution in [0.5, 0.6) is 5.75 Å². The molecule has 1 heterocycles. The first-order valence-corrected chi connectivity index (χ1v) is 7.93. The van der Waals surface area contributed by atoms with Gasteiger partial charge in [-0.25, -0.2) is 0 Å². The lowest BCUT2D eigenvalue weighted by Crippen LogP contribution is -2.37. The van der Waals surface area contributed by atoms with E-state index >= 15 is 0 Å². The molecule has 110 valence electrons. The highest BCUT2D eigenvalue weighted by atomic mass is 16.5. The molecule has 0 bridgehead atoms. The topological polar surface area (TPSA) is 24.5 Å². The number of rotatable bonds is 6. The van der Waals surface area contributed by atoms with E-state index in [-0.39, 0.29) is 0 Å². The minimum absolute atomic E-state index is 0.830. The molecule has 3 rings (SSSR count). The molecule has 2 fully saturated rings. The number of nitrogens with zero attached hydrogens (tertiary/aromatic N) is 1. The first kappa shape index (κ1) is 13.9. The van der Waals surface area contributed by atoms with Crippen LogP contribution in [0.3, 0.4) is 0 Å². The Morgan fingerprint density at radius 1 is 1.20 bits per heavy atom. The van der Waals surface area contributed by atoms with E-state index in [1.807, 2.05) is 6.07 Å². The molecule has 0 unspecified atom stereocenters. The van der Waals surface area contributed by atoms with Crippen LogP contribution < -0.4 is 10.1 Å². The van der Waals surface area contributed by atoms with Crippen LogP contribution in [0.1, 0.15) is 31.2 Å². The van der Waals surface area contributed by atoms with Crippen molar-refractivity contribution in [2.45, 2.75) is 38.3 Å². The largest absolute Gasteiger partial charge is 0.497 e. The summed E-state index contributed by atoms with van der Waals surface area (Å²) >= 11 is 0. The zero-order valence-electron chi connectivity index (χ0n) is 12.5. The standard InChI is InChI=1S/C17H26N2O/c1-20-17-4-2-3-15(11-17)13-19(16-5-6-16)12-14-7-9-18-10-8-14/h2-4,11,14,16,18H,5-10,12-13H2,1H3. The van der Waals surface area contributed by atoms with Crippen LogP contribution in [0.25, 0.3) is 0 Å². The van der Waals surface area contributed by atoms with E-state index in [0.29, 0.717) is 0 Å². The predicted molar refractivity (Wildman–Crippen MR) is 82.0 cm³/mol. The normalized spacial score (nSPS) is 20.3. The molecule has 0 aromatic heterocycles. The van der Waals surface area contributed by atoms with Crippen molar-refractivity contribution in [2.24, 2.45) is 5.92 Å². The van der Waals surface area contributed by atoms with Crippen molar-refractivity contribution in [3.63, 3.8) is 0 Å². The van der Waals surface area contributed by atoms with Crippen molar-refractivity contribution < 1.29 is 4.74 Å². The molecule has 1 N–H and O–H groups in total. The maximum Gasteiger partial charge on any atom is 0.119 e. The highest BCUT2D eigenvalue weighted by Gasteiger charge is 2.30. The molecular formula is C17H26N2O. The van der Waals surface area contributed by atoms with Crippen molar-refractivity contribution in [2.75, 3.05) is 26.7 Å². The highest BCUT2D eigenvalue weighted by molar-refractivity contribution is 5.28. The van der Waals surface area contributed by atoms with Crippen LogP contribution in [-0.4, -0.2) is 37.7 Å². The Labute approximate surface area is 122 Å². The second-order valence-corrected chi connectivity index (χ2v) is 6.21. The number of ether oxygens (including phenoxy) is 1. The molecule has 1 aliphatic carbocycles. The summed E-state index contributed by atoms with van der Waals surface area (Å²) in [6.07, 6.45) is 5.44. The lowest BCUT2D eigenvalue weighted by molar-refractivity contribution is 0.190. The van der Waals surface area contributed by atoms with Crippen LogP contribution in [0.2, 0.25) is 0 Å². The lowest BCUT2D eigenvalue weighted by atomic mass is 9.97. The molecule has 2 aliphatic rings. The fourth-order valence-corrected chi connectivity index (χ4v) is 3.18. The van der Waals surface area contributed by atoms with Crippen molar-refractivity contribution in [1.82, 2.24) is 10.2 Å². The Hall–Kier alpha value is -1.06. The maximum atomic E-state index is 5.34. The average Bonchev–Trinajstić information content (AvgIpc) is 3.33. The van der Waals surface area contributed by atoms with Crippen LogP contribution >= 0.6 is 0 Å². The predicted octanol–water partition coefficient (Wildman–Crippen LogP) is 2.66. The maximum absolute atomic E-state index is 5.34. The van der Waals surface area contributed by atoms with Crippen molar-refractivity contribution in [3.8, 4) is 5.75 Å². The molecule has 3 nitrogen and oxygen atoms in total. The molecule has 1 saturated heterocycles. The molecule has 0 radical (unpaired) electrons. The molecule has 3 heteroatoms. The molecule has 1 aliphatic heterocycles. The van der Waals surface area contributed by atoms with Gasteiger partial charge in [0.05, 0.1) is 7.11 Å². The Balaban J connectivity index is 1.61. The van der Waals surface area contributed by atoms with E-state index in [0.717, 1.165) is 24.3 Å². The van der Waals surface area contributed by atoms with Gasteiger partial charge in [-0.1, -0.05) is 12.1 Å². The fourth-order valence-electron chi connectivity index (χ4n) is 3.18. The second-order valence-electron chi connectivity index (χ2n) is 6.21. The van der Waals surface area contributed by atoms with E-state index in [1.165, 1.54) is 50.9 Å². The van der Waals surface area contributed by atoms with Gasteiger partial charge in [0.15, 0.2) is 0 Å². The van der Waals surface area contributed by atoms with Gasteiger partial charge in [-0.3, -0.25) is 4.90 Å². The molecule has 1 aromatic carbocycles. The first-order chi connectivity index (χ1) is 9.85. The Morgan fingerprint density at radius 2 is 2.00 bits per heavy atom. The van der Waals surface area contributed by atoms with Gasteiger partial charge in [-0.15, -0.1) is 0 Å². The summed E-state index contributed by atoms with van der Waals surface area (Å²) in [6, 6.07) is 9.36. The average molecular weight is 274 g/mol. The van der Waals surface area contributed by atoms with E-state index in [2.05, 4.69) is 28.4 Å². The summed E-state index contributed by atoms with van der Waals surface area (Å²) < 4.78 is 5.34. The van der Waals surface area contributed by atoms with Gasteiger partial charge in [0.25, 0.3) is 0 Å². The van der Waals surface area contributed by atoms with Gasteiger partial charge in [0, 0.05) is 19.1 Å². The number of piperidine rings is 1. The number of methoxy groups -OCH3 is 1. The lowest BCUT2D eigenvalue weighted by Gasteiger charge is -2.30. The van der Waals surface area contributed by atoms with Crippen LogP contribution in [0.4, 0.5) is 0 Å². The third-order valence-corrected chi connectivity index (χ3v) is 4.53. The summed E-state index contributed by atoms with van der Waals surface area (Å²) in [5.74, 6) is 1.85. The number of hydrogen-bond donors (Lipinski definition) is 1. The molecule has 0 amide bonds. The Morgan fingerprint density at radius 3 is 2.70 bits per heavy atom. The van der Waals surface area contributed by atoms with Gasteiger partial charge < -0.3 is 10.1 Å². The van der Waals surface area contributed by atoms with Crippen LogP contribution in [0, 0.1) is 5.92 Å². The fraction of sp³-hybridized carbons (Fsp3) is 0.647. The molecule has 1 aromatic rings. The summed E-state index contributed by atoms with van der Waals surface area (Å²) in [6.45, 7) is 4.74. The molecule has 0 spiro atoms. The van der Waals surface area contributed by atoms with Gasteiger partial charge in [0.2, 0.25) is 0 Å².